The summed E-state index contributed by atoms with van der Waals surface area (Å²) in [6, 6.07) is 9.49. The number of hydrogen-bond acceptors (Lipinski definition) is 2. The van der Waals surface area contributed by atoms with Crippen LogP contribution in [0.3, 0.4) is 0 Å². The van der Waals surface area contributed by atoms with Gasteiger partial charge in [0, 0.05) is 5.69 Å². The van der Waals surface area contributed by atoms with Crippen LogP contribution in [0.25, 0.3) is 0 Å². The highest BCUT2D eigenvalue weighted by atomic mass is 35.5. The maximum atomic E-state index is 12.1. The highest BCUT2D eigenvalue weighted by Gasteiger charge is 2.14. The van der Waals surface area contributed by atoms with E-state index in [-0.39, 0.29) is 12.3 Å². The number of halogens is 1. The lowest BCUT2D eigenvalue weighted by Gasteiger charge is -2.12. The Morgan fingerprint density at radius 3 is 2.21 bits per heavy atom. The molecule has 4 nitrogen and oxygen atoms in total. The first-order chi connectivity index (χ1) is 11.3. The Labute approximate surface area is 147 Å². The van der Waals surface area contributed by atoms with Crippen molar-refractivity contribution in [1.82, 2.24) is 0 Å². The molecule has 0 fully saturated rings. The molecule has 2 N–H and O–H groups in total. The van der Waals surface area contributed by atoms with Gasteiger partial charge in [-0.15, -0.1) is 0 Å². The molecule has 0 aliphatic heterocycles. The number of nitrogens with one attached hydrogen (secondary N) is 2. The predicted octanol–water partition coefficient (Wildman–Crippen LogP) is 4.54. The Kier molecular flexibility index (Phi) is 5.62. The number of hydrogen-bond donors (Lipinski definition) is 2. The van der Waals surface area contributed by atoms with Gasteiger partial charge in [0.25, 0.3) is 0 Å². The van der Waals surface area contributed by atoms with Crippen molar-refractivity contribution >= 4 is 34.8 Å². The minimum absolute atomic E-state index is 0.267. The van der Waals surface area contributed by atoms with E-state index < -0.39 is 5.91 Å². The minimum atomic E-state index is -0.397. The van der Waals surface area contributed by atoms with Gasteiger partial charge in [0.05, 0.1) is 10.7 Å². The van der Waals surface area contributed by atoms with Gasteiger partial charge in [0.2, 0.25) is 11.8 Å². The van der Waals surface area contributed by atoms with Gasteiger partial charge in [-0.1, -0.05) is 29.8 Å². The normalized spacial score (nSPS) is 10.4. The standard InChI is InChI=1S/C19H21ClN2O2/c1-11-5-6-13(3)16(9-11)21-17(23)10-18(24)22-19-14(4)7-12(2)8-15(19)20/h5-9H,10H2,1-4H3,(H,21,23)(H,22,24). The van der Waals surface area contributed by atoms with Crippen LogP contribution in [0.1, 0.15) is 28.7 Å². The third kappa shape index (κ3) is 4.59. The second-order valence-electron chi connectivity index (χ2n) is 6.03. The van der Waals surface area contributed by atoms with Crippen LogP contribution < -0.4 is 10.6 Å². The maximum absolute atomic E-state index is 12.1. The zero-order valence-electron chi connectivity index (χ0n) is 14.3. The Hall–Kier alpha value is -2.33. The van der Waals surface area contributed by atoms with Crippen LogP contribution in [0.4, 0.5) is 11.4 Å². The molecule has 0 aliphatic rings. The van der Waals surface area contributed by atoms with Gasteiger partial charge in [-0.3, -0.25) is 9.59 Å². The molecule has 0 radical (unpaired) electrons. The molecule has 0 aliphatic carbocycles. The van der Waals surface area contributed by atoms with E-state index in [1.54, 1.807) is 6.07 Å². The molecule has 24 heavy (non-hydrogen) atoms. The maximum Gasteiger partial charge on any atom is 0.233 e. The Morgan fingerprint density at radius 2 is 1.54 bits per heavy atom. The van der Waals surface area contributed by atoms with Crippen molar-refractivity contribution in [2.45, 2.75) is 34.1 Å². The molecule has 0 heterocycles. The van der Waals surface area contributed by atoms with Crippen LogP contribution in [0.5, 0.6) is 0 Å². The van der Waals surface area contributed by atoms with Crippen LogP contribution in [0.15, 0.2) is 30.3 Å². The summed E-state index contributed by atoms with van der Waals surface area (Å²) in [5.41, 5.74) is 5.14. The molecule has 0 spiro atoms. The van der Waals surface area contributed by atoms with Gasteiger partial charge in [-0.25, -0.2) is 0 Å². The van der Waals surface area contributed by atoms with E-state index in [1.165, 1.54) is 0 Å². The van der Waals surface area contributed by atoms with Crippen molar-refractivity contribution < 1.29 is 9.59 Å². The van der Waals surface area contributed by atoms with Crippen LogP contribution >= 0.6 is 11.6 Å². The molecule has 2 aromatic carbocycles. The van der Waals surface area contributed by atoms with Gasteiger partial charge in [0.1, 0.15) is 6.42 Å². The van der Waals surface area contributed by atoms with Crippen LogP contribution in [0, 0.1) is 27.7 Å². The van der Waals surface area contributed by atoms with Crippen LogP contribution in [-0.4, -0.2) is 11.8 Å². The topological polar surface area (TPSA) is 58.2 Å². The van der Waals surface area contributed by atoms with Gasteiger partial charge >= 0.3 is 0 Å². The van der Waals surface area contributed by atoms with Crippen molar-refractivity contribution in [2.75, 3.05) is 10.6 Å². The highest BCUT2D eigenvalue weighted by Crippen LogP contribution is 2.27. The second kappa shape index (κ2) is 7.49. The van der Waals surface area contributed by atoms with Gasteiger partial charge in [0.15, 0.2) is 0 Å². The Bertz CT molecular complexity index is 777. The average Bonchev–Trinajstić information content (AvgIpc) is 2.46. The number of benzene rings is 2. The van der Waals surface area contributed by atoms with Crippen LogP contribution in [-0.2, 0) is 9.59 Å². The smallest absolute Gasteiger partial charge is 0.233 e. The molecular formula is C19H21ClN2O2. The number of anilines is 2. The fourth-order valence-corrected chi connectivity index (χ4v) is 2.84. The fourth-order valence-electron chi connectivity index (χ4n) is 2.47. The predicted molar refractivity (Wildman–Crippen MR) is 98.7 cm³/mol. The number of aryl methyl sites for hydroxylation is 4. The lowest BCUT2D eigenvalue weighted by molar-refractivity contribution is -0.123. The first-order valence-corrected chi connectivity index (χ1v) is 8.08. The minimum Gasteiger partial charge on any atom is -0.325 e. The molecule has 0 saturated carbocycles. The Morgan fingerprint density at radius 1 is 0.875 bits per heavy atom. The number of amides is 2. The molecular weight excluding hydrogens is 324 g/mol. The molecule has 0 aromatic heterocycles. The molecule has 2 aromatic rings. The number of carbonyl (C=O) groups excluding carboxylic acids is 2. The molecule has 0 bridgehead atoms. The largest absolute Gasteiger partial charge is 0.325 e. The average molecular weight is 345 g/mol. The van der Waals surface area contributed by atoms with E-state index in [2.05, 4.69) is 10.6 Å². The van der Waals surface area contributed by atoms with Crippen molar-refractivity contribution in [2.24, 2.45) is 0 Å². The SMILES string of the molecule is Cc1cc(C)c(NC(=O)CC(=O)Nc2cc(C)ccc2C)c(Cl)c1. The summed E-state index contributed by atoms with van der Waals surface area (Å²) in [7, 11) is 0. The van der Waals surface area contributed by atoms with E-state index in [1.807, 2.05) is 52.0 Å². The number of carbonyl (C=O) groups is 2. The van der Waals surface area contributed by atoms with Crippen molar-refractivity contribution in [3.63, 3.8) is 0 Å². The lowest BCUT2D eigenvalue weighted by atomic mass is 10.1. The van der Waals surface area contributed by atoms with Gasteiger partial charge in [-0.05, 0) is 62.1 Å². The quantitative estimate of drug-likeness (QED) is 0.800. The second-order valence-corrected chi connectivity index (χ2v) is 6.44. The summed E-state index contributed by atoms with van der Waals surface area (Å²) < 4.78 is 0. The molecule has 5 heteroatoms. The molecule has 0 atom stereocenters. The summed E-state index contributed by atoms with van der Waals surface area (Å²) in [4.78, 5) is 24.2. The van der Waals surface area contributed by atoms with E-state index >= 15 is 0 Å². The third-order valence-corrected chi connectivity index (χ3v) is 3.98. The lowest BCUT2D eigenvalue weighted by Crippen LogP contribution is -2.22. The monoisotopic (exact) mass is 344 g/mol. The summed E-state index contributed by atoms with van der Waals surface area (Å²) in [6.45, 7) is 7.65. The summed E-state index contributed by atoms with van der Waals surface area (Å²) in [6.07, 6.45) is -0.267. The zero-order valence-corrected chi connectivity index (χ0v) is 15.0. The molecule has 2 rings (SSSR count). The summed E-state index contributed by atoms with van der Waals surface area (Å²) in [5.74, 6) is -0.756. The molecule has 0 unspecified atom stereocenters. The van der Waals surface area contributed by atoms with E-state index in [9.17, 15) is 9.59 Å². The first-order valence-electron chi connectivity index (χ1n) is 7.70. The molecule has 0 saturated heterocycles. The molecule has 126 valence electrons. The molecule has 2 amide bonds. The number of rotatable bonds is 4. The van der Waals surface area contributed by atoms with E-state index in [0.717, 1.165) is 27.9 Å². The van der Waals surface area contributed by atoms with Gasteiger partial charge in [-0.2, -0.15) is 0 Å². The highest BCUT2D eigenvalue weighted by molar-refractivity contribution is 6.34. The zero-order chi connectivity index (χ0) is 17.9. The summed E-state index contributed by atoms with van der Waals surface area (Å²) in [5, 5.41) is 5.96. The third-order valence-electron chi connectivity index (χ3n) is 3.68. The van der Waals surface area contributed by atoms with Crippen LogP contribution in [0.2, 0.25) is 5.02 Å². The van der Waals surface area contributed by atoms with E-state index in [0.29, 0.717) is 10.7 Å². The fraction of sp³-hybridized carbons (Fsp3) is 0.263. The van der Waals surface area contributed by atoms with Crippen molar-refractivity contribution in [3.05, 3.63) is 57.6 Å². The summed E-state index contributed by atoms with van der Waals surface area (Å²) >= 11 is 6.17. The Balaban J connectivity index is 2.02. The van der Waals surface area contributed by atoms with Crippen molar-refractivity contribution in [3.8, 4) is 0 Å². The van der Waals surface area contributed by atoms with Crippen molar-refractivity contribution in [1.29, 1.82) is 0 Å². The van der Waals surface area contributed by atoms with E-state index in [4.69, 9.17) is 11.6 Å². The first kappa shape index (κ1) is 18.0. The van der Waals surface area contributed by atoms with Gasteiger partial charge < -0.3 is 10.6 Å².